The second-order valence-corrected chi connectivity index (χ2v) is 5.95. The van der Waals surface area contributed by atoms with Gasteiger partial charge in [0.25, 0.3) is 0 Å². The first kappa shape index (κ1) is 17.1. The van der Waals surface area contributed by atoms with E-state index in [1.54, 1.807) is 6.07 Å². The molecule has 3 rings (SSSR count). The van der Waals surface area contributed by atoms with E-state index in [1.807, 2.05) is 35.2 Å². The van der Waals surface area contributed by atoms with Crippen LogP contribution >= 0.6 is 0 Å². The van der Waals surface area contributed by atoms with Gasteiger partial charge in [-0.05, 0) is 37.1 Å². The third-order valence-corrected chi connectivity index (χ3v) is 4.26. The lowest BCUT2D eigenvalue weighted by Crippen LogP contribution is -2.37. The summed E-state index contributed by atoms with van der Waals surface area (Å²) >= 11 is 0. The topological polar surface area (TPSA) is 41.9 Å². The molecule has 130 valence electrons. The Morgan fingerprint density at radius 1 is 1.20 bits per heavy atom. The number of methoxy groups -OCH3 is 1. The van der Waals surface area contributed by atoms with Crippen molar-refractivity contribution < 1.29 is 13.9 Å². The van der Waals surface area contributed by atoms with Crippen molar-refractivity contribution in [1.82, 2.24) is 0 Å². The predicted molar refractivity (Wildman–Crippen MR) is 97.2 cm³/mol. The molecule has 0 saturated carbocycles. The van der Waals surface area contributed by atoms with E-state index in [1.165, 1.54) is 19.2 Å². The number of carbonyl (C=O) groups is 1. The molecule has 25 heavy (non-hydrogen) atoms. The van der Waals surface area contributed by atoms with E-state index in [0.29, 0.717) is 5.75 Å². The molecule has 0 atom stereocenters. The predicted octanol–water partition coefficient (Wildman–Crippen LogP) is 4.11. The first-order chi connectivity index (χ1) is 12.2. The second kappa shape index (κ2) is 7.92. The van der Waals surface area contributed by atoms with E-state index in [9.17, 15) is 9.18 Å². The number of ketones is 1. The molecule has 2 aromatic rings. The summed E-state index contributed by atoms with van der Waals surface area (Å²) in [5, 5.41) is 0. The number of halogens is 1. The van der Waals surface area contributed by atoms with Crippen LogP contribution < -0.4 is 9.64 Å². The fraction of sp³-hybridized carbons (Fsp3) is 0.300. The average Bonchev–Trinajstić information content (AvgIpc) is 2.67. The minimum Gasteiger partial charge on any atom is -0.497 e. The first-order valence-electron chi connectivity index (χ1n) is 8.41. The summed E-state index contributed by atoms with van der Waals surface area (Å²) in [4.78, 5) is 19.2. The van der Waals surface area contributed by atoms with E-state index >= 15 is 0 Å². The number of Topliss-reactive ketones (excluding diaryl/α,β-unsaturated/α-hetero) is 1. The molecular formula is C20H21FN2O2. The third kappa shape index (κ3) is 4.05. The lowest BCUT2D eigenvalue weighted by Gasteiger charge is -2.28. The molecule has 5 heteroatoms. The molecule has 0 unspecified atom stereocenters. The molecular weight excluding hydrogens is 319 g/mol. The summed E-state index contributed by atoms with van der Waals surface area (Å²) in [6, 6.07) is 14.0. The van der Waals surface area contributed by atoms with Crippen LogP contribution in [-0.2, 0) is 0 Å². The molecule has 0 aromatic heterocycles. The Kier molecular flexibility index (Phi) is 5.43. The van der Waals surface area contributed by atoms with Gasteiger partial charge in [0.1, 0.15) is 17.4 Å². The van der Waals surface area contributed by atoms with Gasteiger partial charge in [0, 0.05) is 24.7 Å². The highest BCUT2D eigenvalue weighted by molar-refractivity contribution is 6.07. The Bertz CT molecular complexity index is 775. The van der Waals surface area contributed by atoms with E-state index < -0.39 is 5.82 Å². The lowest BCUT2D eigenvalue weighted by molar-refractivity contribution is 0.0998. The van der Waals surface area contributed by atoms with Crippen molar-refractivity contribution in [1.29, 1.82) is 0 Å². The molecule has 0 radical (unpaired) electrons. The van der Waals surface area contributed by atoms with Crippen LogP contribution in [-0.4, -0.2) is 31.8 Å². The van der Waals surface area contributed by atoms with Crippen LogP contribution in [0.1, 0.15) is 29.6 Å². The number of para-hydroxylation sites is 1. The largest absolute Gasteiger partial charge is 0.497 e. The molecule has 4 nitrogen and oxygen atoms in total. The minimum atomic E-state index is -0.567. The molecule has 1 heterocycles. The molecule has 0 aliphatic carbocycles. The van der Waals surface area contributed by atoms with Crippen molar-refractivity contribution in [2.75, 3.05) is 25.1 Å². The quantitative estimate of drug-likeness (QED) is 0.769. The number of hydrogen-bond acceptors (Lipinski definition) is 4. The van der Waals surface area contributed by atoms with E-state index in [2.05, 4.69) is 4.99 Å². The highest BCUT2D eigenvalue weighted by Gasteiger charge is 2.21. The van der Waals surface area contributed by atoms with E-state index in [0.717, 1.165) is 37.3 Å². The van der Waals surface area contributed by atoms with Gasteiger partial charge in [0.15, 0.2) is 5.78 Å². The van der Waals surface area contributed by atoms with E-state index in [4.69, 9.17) is 4.74 Å². The number of rotatable bonds is 5. The number of aliphatic imine (C=N–C) groups is 1. The highest BCUT2D eigenvalue weighted by atomic mass is 19.1. The highest BCUT2D eigenvalue weighted by Crippen LogP contribution is 2.21. The summed E-state index contributed by atoms with van der Waals surface area (Å²) in [6.07, 6.45) is 2.94. The summed E-state index contributed by atoms with van der Waals surface area (Å²) in [5.41, 5.74) is 0.962. The zero-order valence-electron chi connectivity index (χ0n) is 14.2. The second-order valence-electron chi connectivity index (χ2n) is 5.95. The third-order valence-electron chi connectivity index (χ3n) is 4.26. The van der Waals surface area contributed by atoms with E-state index in [-0.39, 0.29) is 17.9 Å². The number of anilines is 1. The molecule has 2 aromatic carbocycles. The van der Waals surface area contributed by atoms with Crippen LogP contribution in [0.5, 0.6) is 5.75 Å². The van der Waals surface area contributed by atoms with Crippen LogP contribution in [0.2, 0.25) is 0 Å². The number of hydrogen-bond donors (Lipinski definition) is 0. The van der Waals surface area contributed by atoms with Crippen molar-refractivity contribution in [2.45, 2.75) is 19.3 Å². The molecule has 0 saturated heterocycles. The SMILES string of the molecule is COc1ccc(C(=O)CN(C2=NCCCC2)c2ccccc2)c(F)c1. The number of nitrogens with zero attached hydrogens (tertiary/aromatic N) is 2. The smallest absolute Gasteiger partial charge is 0.185 e. The average molecular weight is 340 g/mol. The molecule has 0 spiro atoms. The van der Waals surface area contributed by atoms with Crippen LogP contribution in [0.15, 0.2) is 53.5 Å². The summed E-state index contributed by atoms with van der Waals surface area (Å²) < 4.78 is 19.2. The Balaban J connectivity index is 1.87. The summed E-state index contributed by atoms with van der Waals surface area (Å²) in [6.45, 7) is 0.829. The fourth-order valence-corrected chi connectivity index (χ4v) is 2.92. The van der Waals surface area contributed by atoms with Gasteiger partial charge < -0.3 is 9.64 Å². The molecule has 0 bridgehead atoms. The Morgan fingerprint density at radius 3 is 2.64 bits per heavy atom. The van der Waals surface area contributed by atoms with Crippen LogP contribution in [0.25, 0.3) is 0 Å². The van der Waals surface area contributed by atoms with Gasteiger partial charge in [-0.3, -0.25) is 9.79 Å². The molecule has 0 amide bonds. The van der Waals surface area contributed by atoms with Gasteiger partial charge >= 0.3 is 0 Å². The van der Waals surface area contributed by atoms with Crippen LogP contribution in [0.4, 0.5) is 10.1 Å². The summed E-state index contributed by atoms with van der Waals surface area (Å²) in [7, 11) is 1.47. The van der Waals surface area contributed by atoms with Gasteiger partial charge in [-0.25, -0.2) is 4.39 Å². The van der Waals surface area contributed by atoms with Crippen molar-refractivity contribution in [3.8, 4) is 5.75 Å². The molecule has 0 fully saturated rings. The summed E-state index contributed by atoms with van der Waals surface area (Å²) in [5.74, 6) is 0.436. The van der Waals surface area contributed by atoms with Gasteiger partial charge in [-0.1, -0.05) is 18.2 Å². The van der Waals surface area contributed by atoms with Gasteiger partial charge in [-0.2, -0.15) is 0 Å². The van der Waals surface area contributed by atoms with Gasteiger partial charge in [0.2, 0.25) is 0 Å². The normalized spacial score (nSPS) is 13.9. The number of amidine groups is 1. The Morgan fingerprint density at radius 2 is 2.00 bits per heavy atom. The zero-order chi connectivity index (χ0) is 17.6. The maximum Gasteiger partial charge on any atom is 0.185 e. The monoisotopic (exact) mass is 340 g/mol. The minimum absolute atomic E-state index is 0.0616. The Hall–Kier alpha value is -2.69. The Labute approximate surface area is 146 Å². The molecule has 1 aliphatic heterocycles. The van der Waals surface area contributed by atoms with Crippen molar-refractivity contribution >= 4 is 17.3 Å². The standard InChI is InChI=1S/C20H21FN2O2/c1-25-16-10-11-17(18(21)13-16)19(24)14-23(15-7-3-2-4-8-15)20-9-5-6-12-22-20/h2-4,7-8,10-11,13H,5-6,9,12,14H2,1H3. The van der Waals surface area contributed by atoms with Crippen molar-refractivity contribution in [3.63, 3.8) is 0 Å². The number of carbonyl (C=O) groups excluding carboxylic acids is 1. The first-order valence-corrected chi connectivity index (χ1v) is 8.41. The fourth-order valence-electron chi connectivity index (χ4n) is 2.92. The van der Waals surface area contributed by atoms with Gasteiger partial charge in [0.05, 0.1) is 19.2 Å². The zero-order valence-corrected chi connectivity index (χ0v) is 14.2. The van der Waals surface area contributed by atoms with Crippen molar-refractivity contribution in [3.05, 3.63) is 59.9 Å². The number of benzene rings is 2. The van der Waals surface area contributed by atoms with Gasteiger partial charge in [-0.15, -0.1) is 0 Å². The molecule has 1 aliphatic rings. The molecule has 0 N–H and O–H groups in total. The maximum absolute atomic E-state index is 14.2. The van der Waals surface area contributed by atoms with Crippen LogP contribution in [0.3, 0.4) is 0 Å². The maximum atomic E-state index is 14.2. The number of ether oxygens (including phenoxy) is 1. The van der Waals surface area contributed by atoms with Crippen molar-refractivity contribution in [2.24, 2.45) is 4.99 Å². The lowest BCUT2D eigenvalue weighted by atomic mass is 10.1. The van der Waals surface area contributed by atoms with Crippen LogP contribution in [0, 0.1) is 5.82 Å².